The molecule has 0 saturated carbocycles. The van der Waals surface area contributed by atoms with Crippen molar-refractivity contribution < 1.29 is 14.3 Å². The largest absolute Gasteiger partial charge is 0.481 e. The van der Waals surface area contributed by atoms with Gasteiger partial charge >= 0.3 is 0 Å². The standard InChI is InChI=1S/C18H18N2O3/c1-10-7-11(2)16(12(3)8-10)20-18(22)13-5-4-6-14-17(13)23-9-15(21)19-14/h4-8H,9H2,1-3H3,(H,19,21)(H,20,22). The second-order valence-corrected chi connectivity index (χ2v) is 5.75. The molecular weight excluding hydrogens is 292 g/mol. The van der Waals surface area contributed by atoms with Crippen molar-refractivity contribution in [2.75, 3.05) is 17.2 Å². The van der Waals surface area contributed by atoms with E-state index in [2.05, 4.69) is 10.6 Å². The highest BCUT2D eigenvalue weighted by atomic mass is 16.5. The van der Waals surface area contributed by atoms with Crippen LogP contribution < -0.4 is 15.4 Å². The van der Waals surface area contributed by atoms with Crippen LogP contribution in [0.2, 0.25) is 0 Å². The van der Waals surface area contributed by atoms with E-state index in [9.17, 15) is 9.59 Å². The quantitative estimate of drug-likeness (QED) is 0.895. The maximum Gasteiger partial charge on any atom is 0.262 e. The summed E-state index contributed by atoms with van der Waals surface area (Å²) < 4.78 is 5.43. The van der Waals surface area contributed by atoms with Gasteiger partial charge in [0.05, 0.1) is 11.3 Å². The van der Waals surface area contributed by atoms with Gasteiger partial charge in [-0.05, 0) is 44.0 Å². The van der Waals surface area contributed by atoms with Crippen LogP contribution in [-0.4, -0.2) is 18.4 Å². The minimum atomic E-state index is -0.256. The molecule has 23 heavy (non-hydrogen) atoms. The lowest BCUT2D eigenvalue weighted by molar-refractivity contribution is -0.118. The van der Waals surface area contributed by atoms with Crippen LogP contribution >= 0.6 is 0 Å². The molecule has 1 aliphatic rings. The number of rotatable bonds is 2. The Labute approximate surface area is 134 Å². The molecule has 0 aromatic heterocycles. The number of carbonyl (C=O) groups excluding carboxylic acids is 2. The summed E-state index contributed by atoms with van der Waals surface area (Å²) in [5, 5.41) is 5.66. The third-order valence-corrected chi connectivity index (χ3v) is 3.80. The summed E-state index contributed by atoms with van der Waals surface area (Å²) in [6.45, 7) is 5.87. The smallest absolute Gasteiger partial charge is 0.262 e. The number of nitrogens with one attached hydrogen (secondary N) is 2. The van der Waals surface area contributed by atoms with Crippen molar-refractivity contribution in [3.8, 4) is 5.75 Å². The van der Waals surface area contributed by atoms with Gasteiger partial charge in [-0.25, -0.2) is 0 Å². The lowest BCUT2D eigenvalue weighted by Gasteiger charge is -2.21. The molecule has 2 aromatic carbocycles. The Morgan fingerprint density at radius 1 is 1.17 bits per heavy atom. The zero-order valence-electron chi connectivity index (χ0n) is 13.3. The van der Waals surface area contributed by atoms with Gasteiger partial charge in [-0.1, -0.05) is 23.8 Å². The van der Waals surface area contributed by atoms with Crippen molar-refractivity contribution >= 4 is 23.2 Å². The van der Waals surface area contributed by atoms with Crippen LogP contribution in [0.5, 0.6) is 5.75 Å². The third-order valence-electron chi connectivity index (χ3n) is 3.80. The molecule has 0 radical (unpaired) electrons. The average molecular weight is 310 g/mol. The predicted octanol–water partition coefficient (Wildman–Crippen LogP) is 3.20. The molecule has 0 unspecified atom stereocenters. The molecule has 0 spiro atoms. The van der Waals surface area contributed by atoms with E-state index in [1.807, 2.05) is 32.9 Å². The molecule has 118 valence electrons. The summed E-state index contributed by atoms with van der Waals surface area (Å²) in [5.74, 6) is -0.0691. The Kier molecular flexibility index (Phi) is 3.78. The normalized spacial score (nSPS) is 12.9. The number of para-hydroxylation sites is 1. The third kappa shape index (κ3) is 2.90. The van der Waals surface area contributed by atoms with Crippen molar-refractivity contribution in [2.45, 2.75) is 20.8 Å². The first-order valence-corrected chi connectivity index (χ1v) is 7.40. The van der Waals surface area contributed by atoms with E-state index in [1.54, 1.807) is 18.2 Å². The summed E-state index contributed by atoms with van der Waals surface area (Å²) in [4.78, 5) is 24.0. The first kappa shape index (κ1) is 15.1. The highest BCUT2D eigenvalue weighted by Crippen LogP contribution is 2.32. The molecule has 0 aliphatic carbocycles. The topological polar surface area (TPSA) is 67.4 Å². The summed E-state index contributed by atoms with van der Waals surface area (Å²) in [7, 11) is 0. The molecule has 2 N–H and O–H groups in total. The highest BCUT2D eigenvalue weighted by molar-refractivity contribution is 6.09. The molecule has 0 saturated heterocycles. The van der Waals surface area contributed by atoms with Crippen molar-refractivity contribution in [3.05, 3.63) is 52.6 Å². The monoisotopic (exact) mass is 310 g/mol. The molecule has 5 heteroatoms. The number of anilines is 2. The van der Waals surface area contributed by atoms with E-state index in [1.165, 1.54) is 0 Å². The van der Waals surface area contributed by atoms with Crippen LogP contribution in [0.4, 0.5) is 11.4 Å². The van der Waals surface area contributed by atoms with E-state index >= 15 is 0 Å². The van der Waals surface area contributed by atoms with Gasteiger partial charge in [0.15, 0.2) is 12.4 Å². The van der Waals surface area contributed by atoms with E-state index in [-0.39, 0.29) is 18.4 Å². The van der Waals surface area contributed by atoms with Gasteiger partial charge in [0.2, 0.25) is 0 Å². The fourth-order valence-corrected chi connectivity index (χ4v) is 2.85. The fraction of sp³-hybridized carbons (Fsp3) is 0.222. The number of carbonyl (C=O) groups is 2. The van der Waals surface area contributed by atoms with Crippen molar-refractivity contribution in [3.63, 3.8) is 0 Å². The van der Waals surface area contributed by atoms with Gasteiger partial charge in [0.1, 0.15) is 0 Å². The Bertz CT molecular complexity index is 789. The second-order valence-electron chi connectivity index (χ2n) is 5.75. The lowest BCUT2D eigenvalue weighted by atomic mass is 10.0. The molecule has 0 atom stereocenters. The van der Waals surface area contributed by atoms with Crippen LogP contribution in [0.15, 0.2) is 30.3 Å². The van der Waals surface area contributed by atoms with Gasteiger partial charge in [-0.3, -0.25) is 9.59 Å². The second kappa shape index (κ2) is 5.76. The zero-order valence-corrected chi connectivity index (χ0v) is 13.3. The maximum atomic E-state index is 12.7. The molecule has 5 nitrogen and oxygen atoms in total. The number of fused-ring (bicyclic) bond motifs is 1. The number of ether oxygens (including phenoxy) is 1. The van der Waals surface area contributed by atoms with E-state index in [4.69, 9.17) is 4.74 Å². The van der Waals surface area contributed by atoms with Crippen molar-refractivity contribution in [1.82, 2.24) is 0 Å². The first-order chi connectivity index (χ1) is 11.0. The molecule has 2 amide bonds. The highest BCUT2D eigenvalue weighted by Gasteiger charge is 2.23. The molecule has 0 fully saturated rings. The first-order valence-electron chi connectivity index (χ1n) is 7.40. The van der Waals surface area contributed by atoms with Gasteiger partial charge in [-0.15, -0.1) is 0 Å². The van der Waals surface area contributed by atoms with Gasteiger partial charge in [-0.2, -0.15) is 0 Å². The van der Waals surface area contributed by atoms with Gasteiger partial charge in [0.25, 0.3) is 11.8 Å². The molecular formula is C18H18N2O3. The zero-order chi connectivity index (χ0) is 16.6. The van der Waals surface area contributed by atoms with Crippen LogP contribution in [0, 0.1) is 20.8 Å². The Hall–Kier alpha value is -2.82. The Morgan fingerprint density at radius 3 is 2.57 bits per heavy atom. The average Bonchev–Trinajstić information content (AvgIpc) is 2.49. The lowest BCUT2D eigenvalue weighted by Crippen LogP contribution is -2.27. The summed E-state index contributed by atoms with van der Waals surface area (Å²) in [6, 6.07) is 9.17. The van der Waals surface area contributed by atoms with E-state index in [0.29, 0.717) is 17.0 Å². The number of amides is 2. The van der Waals surface area contributed by atoms with E-state index in [0.717, 1.165) is 22.4 Å². The number of aryl methyl sites for hydroxylation is 3. The number of hydrogen-bond acceptors (Lipinski definition) is 3. The van der Waals surface area contributed by atoms with Crippen molar-refractivity contribution in [2.24, 2.45) is 0 Å². The molecule has 3 rings (SSSR count). The SMILES string of the molecule is Cc1cc(C)c(NC(=O)c2cccc3c2OCC(=O)N3)c(C)c1. The summed E-state index contributed by atoms with van der Waals surface area (Å²) >= 11 is 0. The maximum absolute atomic E-state index is 12.7. The Balaban J connectivity index is 1.94. The van der Waals surface area contributed by atoms with Gasteiger partial charge < -0.3 is 15.4 Å². The summed E-state index contributed by atoms with van der Waals surface area (Å²) in [6.07, 6.45) is 0. The molecule has 2 aromatic rings. The van der Waals surface area contributed by atoms with Crippen LogP contribution in [0.3, 0.4) is 0 Å². The van der Waals surface area contributed by atoms with Gasteiger partial charge in [0, 0.05) is 5.69 Å². The van der Waals surface area contributed by atoms with Crippen molar-refractivity contribution in [1.29, 1.82) is 0 Å². The number of hydrogen-bond donors (Lipinski definition) is 2. The number of benzene rings is 2. The minimum Gasteiger partial charge on any atom is -0.481 e. The van der Waals surface area contributed by atoms with Crippen LogP contribution in [0.1, 0.15) is 27.0 Å². The van der Waals surface area contributed by atoms with E-state index < -0.39 is 0 Å². The van der Waals surface area contributed by atoms with Crippen LogP contribution in [0.25, 0.3) is 0 Å². The Morgan fingerprint density at radius 2 is 1.87 bits per heavy atom. The molecule has 1 aliphatic heterocycles. The minimum absolute atomic E-state index is 0.0835. The molecule has 0 bridgehead atoms. The van der Waals surface area contributed by atoms with Crippen LogP contribution in [-0.2, 0) is 4.79 Å². The fourth-order valence-electron chi connectivity index (χ4n) is 2.85. The predicted molar refractivity (Wildman–Crippen MR) is 89.2 cm³/mol. The molecule has 1 heterocycles. The summed E-state index contributed by atoms with van der Waals surface area (Å²) in [5.41, 5.74) is 4.90.